The normalized spacial score (nSPS) is 10.8. The van der Waals surface area contributed by atoms with Crippen LogP contribution >= 0.6 is 34.7 Å². The largest absolute Gasteiger partial charge is 0.341 e. The third-order valence-corrected chi connectivity index (χ3v) is 5.95. The van der Waals surface area contributed by atoms with Crippen molar-refractivity contribution in [3.8, 4) is 5.69 Å². The van der Waals surface area contributed by atoms with E-state index in [0.717, 1.165) is 22.0 Å². The van der Waals surface area contributed by atoms with Crippen molar-refractivity contribution in [2.24, 2.45) is 0 Å². The fraction of sp³-hybridized carbons (Fsp3) is 0.222. The third kappa shape index (κ3) is 4.26. The van der Waals surface area contributed by atoms with Gasteiger partial charge in [0.25, 0.3) is 0 Å². The molecule has 2 heterocycles. The van der Waals surface area contributed by atoms with Gasteiger partial charge in [0.1, 0.15) is 0 Å². The van der Waals surface area contributed by atoms with E-state index >= 15 is 0 Å². The summed E-state index contributed by atoms with van der Waals surface area (Å²) in [6.07, 6.45) is 3.63. The molecule has 1 amide bonds. The lowest BCUT2D eigenvalue weighted by molar-refractivity contribution is -0.127. The van der Waals surface area contributed by atoms with Gasteiger partial charge >= 0.3 is 0 Å². The van der Waals surface area contributed by atoms with Gasteiger partial charge in [-0.25, -0.2) is 4.98 Å². The molecule has 0 spiro atoms. The molecule has 1 aromatic carbocycles. The maximum absolute atomic E-state index is 12.4. The highest BCUT2D eigenvalue weighted by molar-refractivity contribution is 7.99. The molecule has 0 N–H and O–H groups in total. The summed E-state index contributed by atoms with van der Waals surface area (Å²) in [7, 11) is 1.83. The van der Waals surface area contributed by atoms with E-state index in [-0.39, 0.29) is 5.91 Å². The Kier molecular flexibility index (Phi) is 5.83. The van der Waals surface area contributed by atoms with E-state index < -0.39 is 0 Å². The molecule has 7 heteroatoms. The van der Waals surface area contributed by atoms with Crippen LogP contribution in [0.25, 0.3) is 5.69 Å². The summed E-state index contributed by atoms with van der Waals surface area (Å²) in [4.78, 5) is 18.5. The summed E-state index contributed by atoms with van der Waals surface area (Å²) < 4.78 is 1.97. The Morgan fingerprint density at radius 2 is 2.24 bits per heavy atom. The Morgan fingerprint density at radius 3 is 3.00 bits per heavy atom. The summed E-state index contributed by atoms with van der Waals surface area (Å²) in [5.74, 6) is 0.422. The molecule has 0 aliphatic rings. The van der Waals surface area contributed by atoms with Crippen molar-refractivity contribution in [1.29, 1.82) is 0 Å². The fourth-order valence-electron chi connectivity index (χ4n) is 2.42. The Bertz CT molecular complexity index is 861. The first-order chi connectivity index (χ1) is 12.1. The number of thioether (sulfide) groups is 1. The molecular weight excluding hydrogens is 374 g/mol. The minimum atomic E-state index is 0.0774. The van der Waals surface area contributed by atoms with Crippen molar-refractivity contribution in [3.05, 3.63) is 63.6 Å². The predicted molar refractivity (Wildman–Crippen MR) is 105 cm³/mol. The first kappa shape index (κ1) is 18.0. The quantitative estimate of drug-likeness (QED) is 0.574. The molecule has 0 bridgehead atoms. The molecule has 2 aromatic heterocycles. The Labute approximate surface area is 160 Å². The maximum atomic E-state index is 12.4. The highest BCUT2D eigenvalue weighted by Crippen LogP contribution is 2.26. The second-order valence-electron chi connectivity index (χ2n) is 5.63. The number of carbonyl (C=O) groups is 1. The molecule has 4 nitrogen and oxygen atoms in total. The lowest BCUT2D eigenvalue weighted by Gasteiger charge is -2.16. The van der Waals surface area contributed by atoms with E-state index in [1.54, 1.807) is 22.4 Å². The SMILES string of the molecule is Cc1c(Cl)cccc1-n1ccnc1SCC(=O)N(C)Cc1ccsc1. The second-order valence-corrected chi connectivity index (χ2v) is 7.76. The summed E-state index contributed by atoms with van der Waals surface area (Å²) in [5, 5.41) is 5.58. The zero-order valence-electron chi connectivity index (χ0n) is 14.0. The molecule has 0 saturated carbocycles. The molecule has 0 radical (unpaired) electrons. The summed E-state index contributed by atoms with van der Waals surface area (Å²) in [6, 6.07) is 7.82. The van der Waals surface area contributed by atoms with E-state index in [9.17, 15) is 4.79 Å². The van der Waals surface area contributed by atoms with Gasteiger partial charge in [-0.1, -0.05) is 29.4 Å². The molecule has 130 valence electrons. The van der Waals surface area contributed by atoms with Crippen LogP contribution in [0.4, 0.5) is 0 Å². The number of nitrogens with zero attached hydrogens (tertiary/aromatic N) is 3. The van der Waals surface area contributed by atoms with Gasteiger partial charge in [0, 0.05) is 31.0 Å². The molecule has 0 aliphatic carbocycles. The Hall–Kier alpha value is -1.76. The summed E-state index contributed by atoms with van der Waals surface area (Å²) >= 11 is 9.29. The molecule has 3 rings (SSSR count). The summed E-state index contributed by atoms with van der Waals surface area (Å²) in [6.45, 7) is 2.61. The van der Waals surface area contributed by atoms with Crippen molar-refractivity contribution in [2.45, 2.75) is 18.6 Å². The van der Waals surface area contributed by atoms with Crippen molar-refractivity contribution >= 4 is 40.6 Å². The average Bonchev–Trinajstić information content (AvgIpc) is 3.26. The number of aromatic nitrogens is 2. The second kappa shape index (κ2) is 8.08. The lowest BCUT2D eigenvalue weighted by atomic mass is 10.2. The van der Waals surface area contributed by atoms with Crippen LogP contribution in [0.3, 0.4) is 0 Å². The van der Waals surface area contributed by atoms with Crippen LogP contribution in [0, 0.1) is 6.92 Å². The zero-order valence-corrected chi connectivity index (χ0v) is 16.4. The average molecular weight is 392 g/mol. The number of halogens is 1. The van der Waals surface area contributed by atoms with Crippen LogP contribution in [0.1, 0.15) is 11.1 Å². The van der Waals surface area contributed by atoms with Crippen LogP contribution in [0.2, 0.25) is 5.02 Å². The van der Waals surface area contributed by atoms with Crippen molar-refractivity contribution in [2.75, 3.05) is 12.8 Å². The van der Waals surface area contributed by atoms with Crippen LogP contribution in [-0.2, 0) is 11.3 Å². The minimum absolute atomic E-state index is 0.0774. The highest BCUT2D eigenvalue weighted by atomic mass is 35.5. The van der Waals surface area contributed by atoms with Gasteiger partial charge in [0.15, 0.2) is 5.16 Å². The van der Waals surface area contributed by atoms with Gasteiger partial charge in [-0.15, -0.1) is 0 Å². The highest BCUT2D eigenvalue weighted by Gasteiger charge is 2.14. The van der Waals surface area contributed by atoms with Gasteiger partial charge in [-0.3, -0.25) is 9.36 Å². The van der Waals surface area contributed by atoms with Gasteiger partial charge in [-0.05, 0) is 47.0 Å². The van der Waals surface area contributed by atoms with Crippen molar-refractivity contribution in [3.63, 3.8) is 0 Å². The van der Waals surface area contributed by atoms with Crippen LogP contribution in [0.15, 0.2) is 52.6 Å². The van der Waals surface area contributed by atoms with E-state index in [1.165, 1.54) is 11.8 Å². The molecule has 25 heavy (non-hydrogen) atoms. The first-order valence-electron chi connectivity index (χ1n) is 7.73. The molecule has 0 unspecified atom stereocenters. The van der Waals surface area contributed by atoms with Crippen molar-refractivity contribution < 1.29 is 4.79 Å². The standard InChI is InChI=1S/C18H18ClN3OS2/c1-13-15(19)4-3-5-16(13)22-8-7-20-18(22)25-12-17(23)21(2)10-14-6-9-24-11-14/h3-9,11H,10,12H2,1-2H3. The number of hydrogen-bond acceptors (Lipinski definition) is 4. The maximum Gasteiger partial charge on any atom is 0.233 e. The minimum Gasteiger partial charge on any atom is -0.341 e. The zero-order chi connectivity index (χ0) is 17.8. The van der Waals surface area contributed by atoms with E-state index in [4.69, 9.17) is 11.6 Å². The van der Waals surface area contributed by atoms with Gasteiger partial charge in [-0.2, -0.15) is 11.3 Å². The molecule has 0 saturated heterocycles. The van der Waals surface area contributed by atoms with Crippen LogP contribution in [-0.4, -0.2) is 33.2 Å². The Morgan fingerprint density at radius 1 is 1.40 bits per heavy atom. The molecule has 3 aromatic rings. The Balaban J connectivity index is 1.67. The van der Waals surface area contributed by atoms with Gasteiger partial charge in [0.05, 0.1) is 11.4 Å². The number of amides is 1. The first-order valence-corrected chi connectivity index (χ1v) is 10.0. The van der Waals surface area contributed by atoms with Crippen molar-refractivity contribution in [1.82, 2.24) is 14.5 Å². The van der Waals surface area contributed by atoms with Crippen LogP contribution in [0.5, 0.6) is 0 Å². The lowest BCUT2D eigenvalue weighted by Crippen LogP contribution is -2.27. The van der Waals surface area contributed by atoms with Gasteiger partial charge < -0.3 is 4.90 Å². The van der Waals surface area contributed by atoms with E-state index in [0.29, 0.717) is 17.3 Å². The number of imidazole rings is 1. The monoisotopic (exact) mass is 391 g/mol. The smallest absolute Gasteiger partial charge is 0.233 e. The fourth-order valence-corrected chi connectivity index (χ4v) is 4.15. The molecule has 0 fully saturated rings. The summed E-state index contributed by atoms with van der Waals surface area (Å²) in [5.41, 5.74) is 3.12. The number of benzene rings is 1. The van der Waals surface area contributed by atoms with E-state index in [1.807, 2.05) is 54.4 Å². The van der Waals surface area contributed by atoms with Crippen LogP contribution < -0.4 is 0 Å². The van der Waals surface area contributed by atoms with Gasteiger partial charge in [0.2, 0.25) is 5.91 Å². The predicted octanol–water partition coefficient (Wildman–Crippen LogP) is 4.65. The molecular formula is C18H18ClN3OS2. The van der Waals surface area contributed by atoms with E-state index in [2.05, 4.69) is 10.4 Å². The third-order valence-electron chi connectivity index (χ3n) is 3.86. The number of carbonyl (C=O) groups excluding carboxylic acids is 1. The number of hydrogen-bond donors (Lipinski definition) is 0. The molecule has 0 aliphatic heterocycles. The number of rotatable bonds is 6. The topological polar surface area (TPSA) is 38.1 Å². The number of thiophene rings is 1. The molecule has 0 atom stereocenters.